The maximum absolute atomic E-state index is 4.77. The summed E-state index contributed by atoms with van der Waals surface area (Å²) < 4.78 is 4.77. The Morgan fingerprint density at radius 3 is 1.71 bits per heavy atom. The minimum absolute atomic E-state index is 1.62. The predicted octanol–water partition coefficient (Wildman–Crippen LogP) is 2.07. The van der Waals surface area contributed by atoms with E-state index in [0.717, 1.165) is 0 Å². The Morgan fingerprint density at radius 1 is 1.00 bits per heavy atom. The van der Waals surface area contributed by atoms with Crippen LogP contribution in [0, 0.1) is 0 Å². The lowest BCUT2D eigenvalue weighted by atomic mass is 10.7. The highest BCUT2D eigenvalue weighted by atomic mass is 16.5. The van der Waals surface area contributed by atoms with E-state index < -0.39 is 0 Å². The van der Waals surface area contributed by atoms with Gasteiger partial charge < -0.3 is 4.74 Å². The molecule has 0 fully saturated rings. The summed E-state index contributed by atoms with van der Waals surface area (Å²) in [5, 5.41) is 0. The van der Waals surface area contributed by atoms with E-state index in [-0.39, 0.29) is 0 Å². The summed E-state index contributed by atoms with van der Waals surface area (Å²) in [4.78, 5) is 0. The van der Waals surface area contributed by atoms with E-state index in [0.29, 0.717) is 0 Å². The number of rotatable bonds is 2. The molecule has 0 saturated heterocycles. The highest BCUT2D eigenvalue weighted by Crippen LogP contribution is 1.76. The van der Waals surface area contributed by atoms with Gasteiger partial charge in [0.15, 0.2) is 0 Å². The molecule has 1 heteroatoms. The minimum Gasteiger partial charge on any atom is -0.473 e. The van der Waals surface area contributed by atoms with Gasteiger partial charge in [0.25, 0.3) is 0 Å². The molecule has 0 aromatic heterocycles. The van der Waals surface area contributed by atoms with Crippen molar-refractivity contribution in [1.29, 1.82) is 0 Å². The van der Waals surface area contributed by atoms with Gasteiger partial charge in [0.1, 0.15) is 0 Å². The molecule has 0 spiro atoms. The van der Waals surface area contributed by atoms with E-state index in [4.69, 9.17) is 4.74 Å². The molecule has 0 heterocycles. The van der Waals surface area contributed by atoms with Crippen molar-refractivity contribution in [2.75, 3.05) is 0 Å². The van der Waals surface area contributed by atoms with Crippen molar-refractivity contribution in [3.05, 3.63) is 24.7 Å². The third-order valence-electron chi connectivity index (χ3n) is 0.429. The van der Waals surface area contributed by atoms with Crippen molar-refractivity contribution in [2.24, 2.45) is 0 Å². The maximum Gasteiger partial charge on any atom is 0.0858 e. The fourth-order valence-corrected chi connectivity index (χ4v) is 0.202. The standard InChI is InChI=1S/C6H10O/c1-3-5-7-6-4-2/h3-6H,1-2H3/b5-3-,6-4-. The Balaban J connectivity index is 2.98. The molecule has 0 aliphatic heterocycles. The molecule has 0 radical (unpaired) electrons. The van der Waals surface area contributed by atoms with Gasteiger partial charge in [-0.15, -0.1) is 0 Å². The molecule has 7 heavy (non-hydrogen) atoms. The summed E-state index contributed by atoms with van der Waals surface area (Å²) in [7, 11) is 0. The molecular weight excluding hydrogens is 88.1 g/mol. The Labute approximate surface area is 44.3 Å². The van der Waals surface area contributed by atoms with Gasteiger partial charge in [-0.1, -0.05) is 12.2 Å². The average molecular weight is 98.1 g/mol. The van der Waals surface area contributed by atoms with Gasteiger partial charge >= 0.3 is 0 Å². The molecule has 0 saturated carbocycles. The molecular formula is C6H10O. The summed E-state index contributed by atoms with van der Waals surface area (Å²) in [6.07, 6.45) is 6.92. The summed E-state index contributed by atoms with van der Waals surface area (Å²) in [5.74, 6) is 0. The molecule has 0 aliphatic rings. The lowest BCUT2D eigenvalue weighted by molar-refractivity contribution is 0.401. The van der Waals surface area contributed by atoms with Crippen LogP contribution in [-0.4, -0.2) is 0 Å². The van der Waals surface area contributed by atoms with Crippen LogP contribution in [0.1, 0.15) is 13.8 Å². The molecule has 0 N–H and O–H groups in total. The van der Waals surface area contributed by atoms with Gasteiger partial charge in [-0.3, -0.25) is 0 Å². The van der Waals surface area contributed by atoms with Crippen LogP contribution in [0.2, 0.25) is 0 Å². The number of ether oxygens (including phenoxy) is 1. The summed E-state index contributed by atoms with van der Waals surface area (Å²) >= 11 is 0. The summed E-state index contributed by atoms with van der Waals surface area (Å²) in [5.41, 5.74) is 0. The van der Waals surface area contributed by atoms with Gasteiger partial charge in [0.2, 0.25) is 0 Å². The molecule has 1 nitrogen and oxygen atoms in total. The topological polar surface area (TPSA) is 9.23 Å². The van der Waals surface area contributed by atoms with Crippen molar-refractivity contribution >= 4 is 0 Å². The predicted molar refractivity (Wildman–Crippen MR) is 30.7 cm³/mol. The average Bonchev–Trinajstić information content (AvgIpc) is 1.69. The summed E-state index contributed by atoms with van der Waals surface area (Å²) in [6.45, 7) is 3.81. The van der Waals surface area contributed by atoms with Crippen LogP contribution in [0.5, 0.6) is 0 Å². The first-order valence-corrected chi connectivity index (χ1v) is 2.29. The first kappa shape index (κ1) is 6.28. The van der Waals surface area contributed by atoms with Gasteiger partial charge in [-0.2, -0.15) is 0 Å². The highest BCUT2D eigenvalue weighted by Gasteiger charge is 1.57. The zero-order valence-electron chi connectivity index (χ0n) is 4.72. The largest absolute Gasteiger partial charge is 0.473 e. The number of allylic oxidation sites excluding steroid dienone is 2. The Hall–Kier alpha value is -0.720. The molecule has 0 aromatic carbocycles. The quantitative estimate of drug-likeness (QED) is 0.480. The molecule has 0 bridgehead atoms. The maximum atomic E-state index is 4.77. The summed E-state index contributed by atoms with van der Waals surface area (Å²) in [6, 6.07) is 0. The second-order valence-electron chi connectivity index (χ2n) is 1.07. The van der Waals surface area contributed by atoms with Crippen LogP contribution in [0.4, 0.5) is 0 Å². The monoisotopic (exact) mass is 98.1 g/mol. The third kappa shape index (κ3) is 5.28. The zero-order chi connectivity index (χ0) is 5.54. The molecule has 0 rings (SSSR count). The van der Waals surface area contributed by atoms with Crippen LogP contribution < -0.4 is 0 Å². The minimum atomic E-state index is 1.62. The van der Waals surface area contributed by atoms with Crippen molar-refractivity contribution in [1.82, 2.24) is 0 Å². The lowest BCUT2D eigenvalue weighted by Gasteiger charge is -1.82. The smallest absolute Gasteiger partial charge is 0.0858 e. The van der Waals surface area contributed by atoms with Crippen LogP contribution in [0.25, 0.3) is 0 Å². The molecule has 0 aliphatic carbocycles. The SMILES string of the molecule is C/C=C\O/C=C\C. The zero-order valence-corrected chi connectivity index (χ0v) is 4.72. The number of hydrogen-bond donors (Lipinski definition) is 0. The molecule has 40 valence electrons. The molecule has 0 unspecified atom stereocenters. The third-order valence-corrected chi connectivity index (χ3v) is 0.429. The van der Waals surface area contributed by atoms with E-state index in [1.165, 1.54) is 0 Å². The Kier molecular flexibility index (Phi) is 4.74. The van der Waals surface area contributed by atoms with Crippen LogP contribution in [0.15, 0.2) is 24.7 Å². The fraction of sp³-hybridized carbons (Fsp3) is 0.333. The molecule has 0 amide bonds. The van der Waals surface area contributed by atoms with Crippen LogP contribution in [-0.2, 0) is 4.74 Å². The second-order valence-corrected chi connectivity index (χ2v) is 1.07. The van der Waals surface area contributed by atoms with Crippen molar-refractivity contribution in [3.63, 3.8) is 0 Å². The van der Waals surface area contributed by atoms with Gasteiger partial charge in [-0.05, 0) is 13.8 Å². The van der Waals surface area contributed by atoms with Crippen molar-refractivity contribution in [3.8, 4) is 0 Å². The second kappa shape index (κ2) is 5.28. The fourth-order valence-electron chi connectivity index (χ4n) is 0.202. The first-order chi connectivity index (χ1) is 3.41. The van der Waals surface area contributed by atoms with E-state index in [1.807, 2.05) is 26.0 Å². The Morgan fingerprint density at radius 2 is 1.43 bits per heavy atom. The highest BCUT2D eigenvalue weighted by molar-refractivity contribution is 4.73. The first-order valence-electron chi connectivity index (χ1n) is 2.29. The van der Waals surface area contributed by atoms with E-state index in [2.05, 4.69) is 0 Å². The normalized spacial score (nSPS) is 11.1. The van der Waals surface area contributed by atoms with Crippen LogP contribution >= 0.6 is 0 Å². The number of hydrogen-bond acceptors (Lipinski definition) is 1. The molecule has 0 atom stereocenters. The van der Waals surface area contributed by atoms with Gasteiger partial charge in [-0.25, -0.2) is 0 Å². The van der Waals surface area contributed by atoms with Gasteiger partial charge in [0.05, 0.1) is 12.5 Å². The Bertz CT molecular complexity index is 62.2. The lowest BCUT2D eigenvalue weighted by Crippen LogP contribution is -1.59. The van der Waals surface area contributed by atoms with E-state index in [1.54, 1.807) is 12.5 Å². The van der Waals surface area contributed by atoms with E-state index in [9.17, 15) is 0 Å². The van der Waals surface area contributed by atoms with Gasteiger partial charge in [0, 0.05) is 0 Å². The van der Waals surface area contributed by atoms with Crippen LogP contribution in [0.3, 0.4) is 0 Å². The van der Waals surface area contributed by atoms with Crippen molar-refractivity contribution < 1.29 is 4.74 Å². The van der Waals surface area contributed by atoms with Crippen molar-refractivity contribution in [2.45, 2.75) is 13.8 Å². The van der Waals surface area contributed by atoms with E-state index >= 15 is 0 Å². The molecule has 0 aromatic rings.